The summed E-state index contributed by atoms with van der Waals surface area (Å²) in [4.78, 5) is 12.3. The first-order valence-electron chi connectivity index (χ1n) is 5.58. The summed E-state index contributed by atoms with van der Waals surface area (Å²) in [7, 11) is 0. The first kappa shape index (κ1) is 10.8. The van der Waals surface area contributed by atoms with Gasteiger partial charge in [-0.25, -0.2) is 4.79 Å². The highest BCUT2D eigenvalue weighted by molar-refractivity contribution is 5.79. The average Bonchev–Trinajstić information content (AvgIpc) is 2.90. The summed E-state index contributed by atoms with van der Waals surface area (Å²) in [5.41, 5.74) is 1.19. The fraction of sp³-hybridized carbons (Fsp3) is 0.364. The van der Waals surface area contributed by atoms with Crippen molar-refractivity contribution < 1.29 is 19.4 Å². The molecule has 1 aliphatic rings. The second-order valence-corrected chi connectivity index (χ2v) is 3.98. The van der Waals surface area contributed by atoms with Crippen molar-refractivity contribution >= 4 is 17.0 Å². The summed E-state index contributed by atoms with van der Waals surface area (Å²) in [5, 5.41) is 17.4. The number of aliphatic carboxylic acids is 1. The molecule has 0 saturated heterocycles. The molecule has 2 aromatic rings. The lowest BCUT2D eigenvalue weighted by Crippen LogP contribution is -2.20. The van der Waals surface area contributed by atoms with Gasteiger partial charge in [-0.05, 0) is 6.42 Å². The minimum Gasteiger partial charge on any atom is -0.480 e. The molecule has 0 saturated carbocycles. The molecule has 1 atom stereocenters. The maximum Gasteiger partial charge on any atom is 0.330 e. The molecule has 3 rings (SSSR count). The first-order chi connectivity index (χ1) is 8.69. The monoisotopic (exact) mass is 249 g/mol. The van der Waals surface area contributed by atoms with Crippen LogP contribution in [0.15, 0.2) is 12.1 Å². The second kappa shape index (κ2) is 3.86. The number of rotatable bonds is 3. The predicted octanol–water partition coefficient (Wildman–Crippen LogP) is 1.20. The van der Waals surface area contributed by atoms with Crippen LogP contribution in [-0.4, -0.2) is 32.9 Å². The van der Waals surface area contributed by atoms with Gasteiger partial charge in [0.15, 0.2) is 17.5 Å². The molecule has 2 heterocycles. The summed E-state index contributed by atoms with van der Waals surface area (Å²) < 4.78 is 10.5. The van der Waals surface area contributed by atoms with Gasteiger partial charge in [0.2, 0.25) is 6.79 Å². The molecular formula is C11H11N3O4. The van der Waals surface area contributed by atoms with Crippen molar-refractivity contribution in [1.29, 1.82) is 0 Å². The van der Waals surface area contributed by atoms with Crippen LogP contribution in [0.5, 0.6) is 11.5 Å². The largest absolute Gasteiger partial charge is 0.480 e. The van der Waals surface area contributed by atoms with E-state index in [2.05, 4.69) is 10.2 Å². The van der Waals surface area contributed by atoms with Crippen LogP contribution in [0.1, 0.15) is 19.4 Å². The summed E-state index contributed by atoms with van der Waals surface area (Å²) >= 11 is 0. The van der Waals surface area contributed by atoms with E-state index in [9.17, 15) is 4.79 Å². The van der Waals surface area contributed by atoms with E-state index in [1.165, 1.54) is 4.80 Å². The van der Waals surface area contributed by atoms with E-state index in [-0.39, 0.29) is 6.79 Å². The van der Waals surface area contributed by atoms with E-state index in [4.69, 9.17) is 14.6 Å². The molecule has 1 aliphatic heterocycles. The molecule has 7 nitrogen and oxygen atoms in total. The Hall–Kier alpha value is -2.31. The van der Waals surface area contributed by atoms with Gasteiger partial charge in [0.1, 0.15) is 11.0 Å². The number of carbonyl (C=O) groups is 1. The van der Waals surface area contributed by atoms with Crippen molar-refractivity contribution in [3.05, 3.63) is 12.1 Å². The van der Waals surface area contributed by atoms with E-state index >= 15 is 0 Å². The third-order valence-corrected chi connectivity index (χ3v) is 2.84. The Balaban J connectivity index is 2.09. The number of aromatic nitrogens is 3. The molecular weight excluding hydrogens is 238 g/mol. The zero-order chi connectivity index (χ0) is 12.7. The number of benzene rings is 1. The summed E-state index contributed by atoms with van der Waals surface area (Å²) in [6, 6.07) is 2.65. The molecule has 1 unspecified atom stereocenters. The summed E-state index contributed by atoms with van der Waals surface area (Å²) in [5.74, 6) is 0.272. The van der Waals surface area contributed by atoms with Crippen LogP contribution in [0.2, 0.25) is 0 Å². The molecule has 0 radical (unpaired) electrons. The predicted molar refractivity (Wildman–Crippen MR) is 60.6 cm³/mol. The van der Waals surface area contributed by atoms with Gasteiger partial charge in [0, 0.05) is 12.1 Å². The number of fused-ring (bicyclic) bond motifs is 2. The Morgan fingerprint density at radius 3 is 2.39 bits per heavy atom. The lowest BCUT2D eigenvalue weighted by Gasteiger charge is -2.06. The molecule has 94 valence electrons. The van der Waals surface area contributed by atoms with Gasteiger partial charge in [0.25, 0.3) is 0 Å². The van der Waals surface area contributed by atoms with Gasteiger partial charge in [0.05, 0.1) is 0 Å². The van der Waals surface area contributed by atoms with E-state index in [1.54, 1.807) is 19.1 Å². The minimum atomic E-state index is -0.946. The van der Waals surface area contributed by atoms with Crippen LogP contribution < -0.4 is 9.47 Å². The van der Waals surface area contributed by atoms with Crippen LogP contribution in [0.4, 0.5) is 0 Å². The number of carboxylic acid groups (broad SMARTS) is 1. The number of hydrogen-bond donors (Lipinski definition) is 1. The Morgan fingerprint density at radius 1 is 1.39 bits per heavy atom. The quantitative estimate of drug-likeness (QED) is 0.879. The van der Waals surface area contributed by atoms with Crippen molar-refractivity contribution in [2.24, 2.45) is 0 Å². The van der Waals surface area contributed by atoms with Crippen molar-refractivity contribution in [1.82, 2.24) is 15.0 Å². The molecule has 18 heavy (non-hydrogen) atoms. The topological polar surface area (TPSA) is 86.5 Å². The van der Waals surface area contributed by atoms with Crippen molar-refractivity contribution in [3.63, 3.8) is 0 Å². The van der Waals surface area contributed by atoms with E-state index in [1.807, 2.05) is 0 Å². The molecule has 1 N–H and O–H groups in total. The third kappa shape index (κ3) is 1.55. The second-order valence-electron chi connectivity index (χ2n) is 3.98. The molecule has 0 bridgehead atoms. The van der Waals surface area contributed by atoms with Crippen molar-refractivity contribution in [2.75, 3.05) is 6.79 Å². The Labute approximate surface area is 102 Å². The van der Waals surface area contributed by atoms with Crippen molar-refractivity contribution in [3.8, 4) is 11.5 Å². The van der Waals surface area contributed by atoms with Crippen molar-refractivity contribution in [2.45, 2.75) is 19.4 Å². The molecule has 0 spiro atoms. The SMILES string of the molecule is CCC(C(=O)O)n1nc2cc3c(cc2n1)OCO3. The highest BCUT2D eigenvalue weighted by Gasteiger charge is 2.22. The maximum atomic E-state index is 11.1. The number of carboxylic acids is 1. The van der Waals surface area contributed by atoms with E-state index < -0.39 is 12.0 Å². The van der Waals surface area contributed by atoms with E-state index in [0.717, 1.165) is 0 Å². The van der Waals surface area contributed by atoms with Gasteiger partial charge in [-0.15, -0.1) is 0 Å². The van der Waals surface area contributed by atoms with Crippen LogP contribution in [0, 0.1) is 0 Å². The van der Waals surface area contributed by atoms with Crippen LogP contribution >= 0.6 is 0 Å². The fourth-order valence-electron chi connectivity index (χ4n) is 1.90. The lowest BCUT2D eigenvalue weighted by atomic mass is 10.2. The van der Waals surface area contributed by atoms with Crippen LogP contribution in [0.3, 0.4) is 0 Å². The zero-order valence-corrected chi connectivity index (χ0v) is 9.66. The number of hydrogen-bond acceptors (Lipinski definition) is 5. The molecule has 0 fully saturated rings. The highest BCUT2D eigenvalue weighted by Crippen LogP contribution is 2.35. The van der Waals surface area contributed by atoms with Gasteiger partial charge in [-0.2, -0.15) is 15.0 Å². The minimum absolute atomic E-state index is 0.189. The maximum absolute atomic E-state index is 11.1. The smallest absolute Gasteiger partial charge is 0.330 e. The van der Waals surface area contributed by atoms with Crippen LogP contribution in [-0.2, 0) is 4.79 Å². The standard InChI is InChI=1S/C11H11N3O4/c1-2-8(11(15)16)14-12-6-3-9-10(18-5-17-9)4-7(6)13-14/h3-4,8H,2,5H2,1H3,(H,15,16). The Kier molecular flexibility index (Phi) is 2.32. The molecule has 0 aliphatic carbocycles. The average molecular weight is 249 g/mol. The zero-order valence-electron chi connectivity index (χ0n) is 9.66. The lowest BCUT2D eigenvalue weighted by molar-refractivity contribution is -0.141. The van der Waals surface area contributed by atoms with E-state index in [0.29, 0.717) is 29.0 Å². The highest BCUT2D eigenvalue weighted by atomic mass is 16.7. The Morgan fingerprint density at radius 2 is 1.94 bits per heavy atom. The fourth-order valence-corrected chi connectivity index (χ4v) is 1.90. The van der Waals surface area contributed by atoms with Gasteiger partial charge in [-0.1, -0.05) is 6.92 Å². The van der Waals surface area contributed by atoms with Gasteiger partial charge >= 0.3 is 5.97 Å². The molecule has 1 aromatic carbocycles. The van der Waals surface area contributed by atoms with Crippen LogP contribution in [0.25, 0.3) is 11.0 Å². The molecule has 0 amide bonds. The summed E-state index contributed by atoms with van der Waals surface area (Å²) in [6.45, 7) is 1.97. The van der Waals surface area contributed by atoms with Gasteiger partial charge in [-0.3, -0.25) is 0 Å². The number of nitrogens with zero attached hydrogens (tertiary/aromatic N) is 3. The first-order valence-corrected chi connectivity index (χ1v) is 5.58. The summed E-state index contributed by atoms with van der Waals surface area (Å²) in [6.07, 6.45) is 0.420. The molecule has 7 heteroatoms. The third-order valence-electron chi connectivity index (χ3n) is 2.84. The van der Waals surface area contributed by atoms with Gasteiger partial charge < -0.3 is 14.6 Å². The molecule has 1 aromatic heterocycles. The normalized spacial score (nSPS) is 14.9. The number of ether oxygens (including phenoxy) is 2. The Bertz CT molecular complexity index is 581.